The van der Waals surface area contributed by atoms with Crippen molar-refractivity contribution in [1.29, 1.82) is 0 Å². The largest absolute Gasteiger partial charge is 0.481 e. The molecule has 0 fully saturated rings. The first-order valence-corrected chi connectivity index (χ1v) is 6.36. The molecule has 0 atom stereocenters. The van der Waals surface area contributed by atoms with Crippen LogP contribution in [0.25, 0.3) is 6.08 Å². The molecule has 0 radical (unpaired) electrons. The molecule has 1 aromatic carbocycles. The van der Waals surface area contributed by atoms with Crippen molar-refractivity contribution in [3.63, 3.8) is 0 Å². The zero-order valence-corrected chi connectivity index (χ0v) is 11.5. The van der Waals surface area contributed by atoms with E-state index in [1.165, 1.54) is 11.0 Å². The van der Waals surface area contributed by atoms with Crippen LogP contribution in [-0.2, 0) is 14.3 Å². The second kappa shape index (κ2) is 8.87. The number of rotatable bonds is 8. The van der Waals surface area contributed by atoms with E-state index in [9.17, 15) is 9.59 Å². The standard InChI is InChI=1S/C15H19NO4/c1-20-12-11-16(10-9-15(18)19)14(17)8-7-13-5-3-2-4-6-13/h2-8H,9-12H2,1H3,(H,18,19)/b8-7+. The fraction of sp³-hybridized carbons (Fsp3) is 0.333. The van der Waals surface area contributed by atoms with Crippen LogP contribution in [0.3, 0.4) is 0 Å². The predicted octanol–water partition coefficient (Wildman–Crippen LogP) is 1.65. The third kappa shape index (κ3) is 6.15. The van der Waals surface area contributed by atoms with Crippen LogP contribution in [-0.4, -0.2) is 48.7 Å². The highest BCUT2D eigenvalue weighted by Crippen LogP contribution is 2.03. The first kappa shape index (κ1) is 15.9. The smallest absolute Gasteiger partial charge is 0.305 e. The molecular formula is C15H19NO4. The Morgan fingerprint density at radius 2 is 1.95 bits per heavy atom. The van der Waals surface area contributed by atoms with Crippen LogP contribution < -0.4 is 0 Å². The summed E-state index contributed by atoms with van der Waals surface area (Å²) in [4.78, 5) is 24.1. The van der Waals surface area contributed by atoms with Gasteiger partial charge in [-0.05, 0) is 11.6 Å². The molecule has 5 nitrogen and oxygen atoms in total. The van der Waals surface area contributed by atoms with Crippen molar-refractivity contribution in [1.82, 2.24) is 4.90 Å². The molecule has 0 saturated carbocycles. The number of carbonyl (C=O) groups is 2. The maximum atomic E-state index is 12.0. The van der Waals surface area contributed by atoms with E-state index in [1.807, 2.05) is 30.3 Å². The molecule has 0 bridgehead atoms. The summed E-state index contributed by atoms with van der Waals surface area (Å²) in [7, 11) is 1.54. The minimum atomic E-state index is -0.924. The van der Waals surface area contributed by atoms with E-state index < -0.39 is 5.97 Å². The number of methoxy groups -OCH3 is 1. The molecule has 5 heteroatoms. The maximum absolute atomic E-state index is 12.0. The van der Waals surface area contributed by atoms with Gasteiger partial charge in [0.15, 0.2) is 0 Å². The Kier molecular flexibility index (Phi) is 7.06. The van der Waals surface area contributed by atoms with Gasteiger partial charge in [-0.15, -0.1) is 0 Å². The highest BCUT2D eigenvalue weighted by Gasteiger charge is 2.11. The molecule has 0 aromatic heterocycles. The quantitative estimate of drug-likeness (QED) is 0.734. The fourth-order valence-electron chi connectivity index (χ4n) is 1.60. The van der Waals surface area contributed by atoms with Crippen molar-refractivity contribution in [2.24, 2.45) is 0 Å². The topological polar surface area (TPSA) is 66.8 Å². The number of nitrogens with zero attached hydrogens (tertiary/aromatic N) is 1. The Morgan fingerprint density at radius 3 is 2.55 bits per heavy atom. The van der Waals surface area contributed by atoms with E-state index in [4.69, 9.17) is 9.84 Å². The Labute approximate surface area is 118 Å². The summed E-state index contributed by atoms with van der Waals surface area (Å²) in [6.07, 6.45) is 3.09. The summed E-state index contributed by atoms with van der Waals surface area (Å²) in [6.45, 7) is 0.933. The van der Waals surface area contributed by atoms with Gasteiger partial charge in [-0.1, -0.05) is 30.3 Å². The van der Waals surface area contributed by atoms with Gasteiger partial charge in [-0.25, -0.2) is 0 Å². The van der Waals surface area contributed by atoms with Crippen LogP contribution in [0.1, 0.15) is 12.0 Å². The highest BCUT2D eigenvalue weighted by atomic mass is 16.5. The summed E-state index contributed by atoms with van der Waals surface area (Å²) in [6, 6.07) is 9.45. The summed E-state index contributed by atoms with van der Waals surface area (Å²) >= 11 is 0. The molecule has 108 valence electrons. The van der Waals surface area contributed by atoms with Gasteiger partial charge in [0.05, 0.1) is 13.0 Å². The lowest BCUT2D eigenvalue weighted by Gasteiger charge is -2.19. The van der Waals surface area contributed by atoms with Gasteiger partial charge in [0, 0.05) is 26.3 Å². The van der Waals surface area contributed by atoms with Crippen LogP contribution in [0.4, 0.5) is 0 Å². The predicted molar refractivity (Wildman–Crippen MR) is 76.2 cm³/mol. The van der Waals surface area contributed by atoms with E-state index in [-0.39, 0.29) is 18.9 Å². The van der Waals surface area contributed by atoms with Crippen molar-refractivity contribution in [2.75, 3.05) is 26.8 Å². The van der Waals surface area contributed by atoms with Crippen molar-refractivity contribution in [3.05, 3.63) is 42.0 Å². The van der Waals surface area contributed by atoms with E-state index in [0.29, 0.717) is 13.2 Å². The van der Waals surface area contributed by atoms with Gasteiger partial charge in [-0.3, -0.25) is 9.59 Å². The number of hydrogen-bond donors (Lipinski definition) is 1. The Bertz CT molecular complexity index is 456. The molecule has 0 spiro atoms. The molecule has 0 heterocycles. The average Bonchev–Trinajstić information content (AvgIpc) is 2.45. The monoisotopic (exact) mass is 277 g/mol. The van der Waals surface area contributed by atoms with Crippen LogP contribution in [0, 0.1) is 0 Å². The lowest BCUT2D eigenvalue weighted by atomic mass is 10.2. The van der Waals surface area contributed by atoms with Gasteiger partial charge >= 0.3 is 5.97 Å². The Balaban J connectivity index is 2.61. The molecule has 0 saturated heterocycles. The fourth-order valence-corrected chi connectivity index (χ4v) is 1.60. The lowest BCUT2D eigenvalue weighted by Crippen LogP contribution is -2.34. The molecule has 1 amide bonds. The van der Waals surface area contributed by atoms with E-state index in [2.05, 4.69) is 0 Å². The number of carboxylic acid groups (broad SMARTS) is 1. The molecule has 0 aliphatic carbocycles. The van der Waals surface area contributed by atoms with Gasteiger partial charge in [0.2, 0.25) is 5.91 Å². The summed E-state index contributed by atoms with van der Waals surface area (Å²) in [5.41, 5.74) is 0.922. The molecule has 0 aliphatic heterocycles. The third-order valence-corrected chi connectivity index (χ3v) is 2.69. The van der Waals surface area contributed by atoms with Gasteiger partial charge in [-0.2, -0.15) is 0 Å². The Hall–Kier alpha value is -2.14. The molecule has 0 aliphatic rings. The van der Waals surface area contributed by atoms with Crippen molar-refractivity contribution < 1.29 is 19.4 Å². The summed E-state index contributed by atoms with van der Waals surface area (Å²) < 4.78 is 4.93. The molecule has 1 rings (SSSR count). The number of ether oxygens (including phenoxy) is 1. The van der Waals surface area contributed by atoms with E-state index in [1.54, 1.807) is 13.2 Å². The number of benzene rings is 1. The summed E-state index contributed by atoms with van der Waals surface area (Å²) in [5, 5.41) is 8.69. The molecular weight excluding hydrogens is 258 g/mol. The average molecular weight is 277 g/mol. The van der Waals surface area contributed by atoms with Crippen LogP contribution in [0.2, 0.25) is 0 Å². The molecule has 1 aromatic rings. The molecule has 0 unspecified atom stereocenters. The first-order chi connectivity index (χ1) is 9.63. The number of aliphatic carboxylic acids is 1. The summed E-state index contributed by atoms with van der Waals surface area (Å²) in [5.74, 6) is -1.14. The normalized spacial score (nSPS) is 10.7. The van der Waals surface area contributed by atoms with Crippen LogP contribution >= 0.6 is 0 Å². The number of hydrogen-bond acceptors (Lipinski definition) is 3. The van der Waals surface area contributed by atoms with Crippen molar-refractivity contribution in [3.8, 4) is 0 Å². The van der Waals surface area contributed by atoms with Gasteiger partial charge in [0.25, 0.3) is 0 Å². The minimum absolute atomic E-state index is 0.0748. The maximum Gasteiger partial charge on any atom is 0.305 e. The third-order valence-electron chi connectivity index (χ3n) is 2.69. The zero-order valence-electron chi connectivity index (χ0n) is 11.5. The van der Waals surface area contributed by atoms with E-state index >= 15 is 0 Å². The van der Waals surface area contributed by atoms with E-state index in [0.717, 1.165) is 5.56 Å². The van der Waals surface area contributed by atoms with Crippen molar-refractivity contribution >= 4 is 18.0 Å². The zero-order chi connectivity index (χ0) is 14.8. The van der Waals surface area contributed by atoms with Crippen molar-refractivity contribution in [2.45, 2.75) is 6.42 Å². The van der Waals surface area contributed by atoms with Crippen LogP contribution in [0.5, 0.6) is 0 Å². The number of carboxylic acids is 1. The van der Waals surface area contributed by atoms with Crippen LogP contribution in [0.15, 0.2) is 36.4 Å². The lowest BCUT2D eigenvalue weighted by molar-refractivity contribution is -0.138. The number of carbonyl (C=O) groups excluding carboxylic acids is 1. The second-order valence-electron chi connectivity index (χ2n) is 4.21. The van der Waals surface area contributed by atoms with Gasteiger partial charge < -0.3 is 14.7 Å². The second-order valence-corrected chi connectivity index (χ2v) is 4.21. The highest BCUT2D eigenvalue weighted by molar-refractivity contribution is 5.92. The molecule has 20 heavy (non-hydrogen) atoms. The number of amides is 1. The Morgan fingerprint density at radius 1 is 1.25 bits per heavy atom. The molecule has 1 N–H and O–H groups in total. The first-order valence-electron chi connectivity index (χ1n) is 6.36. The van der Waals surface area contributed by atoms with Gasteiger partial charge in [0.1, 0.15) is 0 Å². The minimum Gasteiger partial charge on any atom is -0.481 e. The SMILES string of the molecule is COCCN(CCC(=O)O)C(=O)/C=C/c1ccccc1.